The van der Waals surface area contributed by atoms with E-state index in [4.69, 9.17) is 37.0 Å². The normalized spacial score (nSPS) is 14.8. The average Bonchev–Trinajstić information content (AvgIpc) is 0.896. The van der Waals surface area contributed by atoms with Crippen LogP contribution in [-0.4, -0.2) is 96.7 Å². The fraction of sp³-hybridized carbons (Fsp3) is 0.596. The van der Waals surface area contributed by atoms with E-state index in [2.05, 4.69) is 222 Å². The molecular weight excluding hydrogens is 1400 g/mol. The van der Waals surface area contributed by atoms with E-state index in [-0.39, 0.29) is 25.7 Å². The number of ether oxygens (including phenoxy) is 4. The molecule has 0 aromatic rings. The van der Waals surface area contributed by atoms with E-state index >= 15 is 0 Å². The molecule has 19 heteroatoms. The zero-order chi connectivity index (χ0) is 78.9. The summed E-state index contributed by atoms with van der Waals surface area (Å²) in [4.78, 5) is 73.1. The molecule has 0 aliphatic rings. The third-order valence-electron chi connectivity index (χ3n) is 16.0. The number of hydrogen-bond acceptors (Lipinski definition) is 15. The Bertz CT molecular complexity index is 2810. The lowest BCUT2D eigenvalue weighted by atomic mass is 10.1. The molecule has 5 unspecified atom stereocenters. The molecule has 5 atom stereocenters. The summed E-state index contributed by atoms with van der Waals surface area (Å²) in [7, 11) is -10.0. The molecule has 0 aliphatic heterocycles. The van der Waals surface area contributed by atoms with Crippen molar-refractivity contribution in [3.63, 3.8) is 0 Å². The monoisotopic (exact) mass is 1540 g/mol. The maximum Gasteiger partial charge on any atom is 0.472 e. The summed E-state index contributed by atoms with van der Waals surface area (Å²) in [5.41, 5.74) is 0. The third kappa shape index (κ3) is 78.0. The lowest BCUT2D eigenvalue weighted by molar-refractivity contribution is -0.161. The molecule has 0 aromatic heterocycles. The van der Waals surface area contributed by atoms with Crippen molar-refractivity contribution in [2.75, 3.05) is 39.6 Å². The number of rotatable bonds is 74. The van der Waals surface area contributed by atoms with Crippen LogP contribution in [0.3, 0.4) is 0 Å². The number of unbranched alkanes of at least 4 members (excludes halogenated alkanes) is 16. The molecule has 0 fully saturated rings. The van der Waals surface area contributed by atoms with Gasteiger partial charge < -0.3 is 33.8 Å². The fourth-order valence-electron chi connectivity index (χ4n) is 9.94. The predicted octanol–water partition coefficient (Wildman–Crippen LogP) is 24.1. The highest BCUT2D eigenvalue weighted by Gasteiger charge is 2.30. The van der Waals surface area contributed by atoms with E-state index in [9.17, 15) is 43.2 Å². The topological polar surface area (TPSA) is 237 Å². The third-order valence-corrected chi connectivity index (χ3v) is 17.9. The second-order valence-corrected chi connectivity index (χ2v) is 29.1. The van der Waals surface area contributed by atoms with Gasteiger partial charge in [-0.15, -0.1) is 0 Å². The van der Waals surface area contributed by atoms with Gasteiger partial charge in [0.15, 0.2) is 12.2 Å². The predicted molar refractivity (Wildman–Crippen MR) is 445 cm³/mol. The summed E-state index contributed by atoms with van der Waals surface area (Å²) in [5, 5.41) is 10.7. The van der Waals surface area contributed by atoms with Gasteiger partial charge in [-0.3, -0.25) is 37.3 Å². The van der Waals surface area contributed by atoms with Crippen molar-refractivity contribution < 1.29 is 80.2 Å². The van der Waals surface area contributed by atoms with Gasteiger partial charge in [0.2, 0.25) is 0 Å². The standard InChI is InChI=1S/C89H142O17P2/c1-5-9-13-17-21-25-29-33-37-39-41-43-47-50-54-58-62-66-70-74-87(92)100-80-85(106-89(94)76-72-68-64-60-56-52-48-44-42-40-38-34-30-26-22-18-14-10-6-2)82-104-108(97,98)102-78-83(90)77-101-107(95,96)103-81-84(105-88(93)75-71-67-63-59-55-51-46-36-32-28-24-20-16-12-8-4)79-99-86(91)73-69-65-61-57-53-49-45-35-31-27-23-19-15-11-7-3/h9-11,13-15,21-28,33-38,41-46,50,52-54,56-57,83-85,90H,5-8,12,16-20,29-32,39-40,47-49,51,55,58-82H2,1-4H3,(H,95,96)(H,97,98)/b13-9-,14-10-,15-11-,25-21-,26-22-,27-23-,28-24-,37-33-,38-34-,43-41-,44-42-,45-35-,46-36-,54-50-,56-52-,57-53-. The van der Waals surface area contributed by atoms with Gasteiger partial charge >= 0.3 is 39.5 Å². The Hall–Kier alpha value is -6.10. The van der Waals surface area contributed by atoms with Gasteiger partial charge in [0.05, 0.1) is 26.4 Å². The molecule has 0 rings (SSSR count). The number of hydrogen-bond donors (Lipinski definition) is 3. The largest absolute Gasteiger partial charge is 0.472 e. The first kappa shape index (κ1) is 102. The van der Waals surface area contributed by atoms with Crippen molar-refractivity contribution >= 4 is 39.5 Å². The van der Waals surface area contributed by atoms with Crippen molar-refractivity contribution in [3.8, 4) is 0 Å². The van der Waals surface area contributed by atoms with Gasteiger partial charge in [-0.25, -0.2) is 9.13 Å². The number of carbonyl (C=O) groups excluding carboxylic acids is 4. The number of phosphoric acid groups is 2. The maximum atomic E-state index is 13.1. The molecule has 17 nitrogen and oxygen atoms in total. The smallest absolute Gasteiger partial charge is 0.462 e. The molecular formula is C89H142O17P2. The minimum absolute atomic E-state index is 0.0385. The number of carbonyl (C=O) groups is 4. The van der Waals surface area contributed by atoms with Crippen molar-refractivity contribution in [3.05, 3.63) is 194 Å². The van der Waals surface area contributed by atoms with E-state index < -0.39 is 97.5 Å². The Kier molecular flexibility index (Phi) is 74.5. The van der Waals surface area contributed by atoms with Gasteiger partial charge in [0, 0.05) is 25.7 Å². The Morgan fingerprint density at radius 2 is 0.481 bits per heavy atom. The number of aliphatic hydroxyl groups excluding tert-OH is 1. The van der Waals surface area contributed by atoms with E-state index in [1.807, 2.05) is 0 Å². The van der Waals surface area contributed by atoms with Gasteiger partial charge in [-0.2, -0.15) is 0 Å². The SMILES string of the molecule is CC/C=C\C/C=C\C/C=C\C/C=C\C/C=C\CCCCCC(=O)OCC(COP(=O)(O)OCC(O)COP(=O)(O)OCC(COC(=O)CCCC/C=C\C/C=C\C/C=C\C/C=C\CC)OC(=O)CCCCCCC/C=C\C/C=C\CCCCC)OC(=O)CCCCC/C=C\C/C=C\C/C=C\C/C=C\C/C=C\CC. The van der Waals surface area contributed by atoms with Gasteiger partial charge in [-0.05, 0) is 186 Å². The van der Waals surface area contributed by atoms with Crippen LogP contribution >= 0.6 is 15.6 Å². The van der Waals surface area contributed by atoms with Crippen LogP contribution in [0.4, 0.5) is 0 Å². The van der Waals surface area contributed by atoms with E-state index in [1.165, 1.54) is 19.3 Å². The van der Waals surface area contributed by atoms with Crippen LogP contribution < -0.4 is 0 Å². The summed E-state index contributed by atoms with van der Waals surface area (Å²) in [5.74, 6) is -2.33. The van der Waals surface area contributed by atoms with Gasteiger partial charge in [0.25, 0.3) is 0 Å². The highest BCUT2D eigenvalue weighted by atomic mass is 31.2. The van der Waals surface area contributed by atoms with Gasteiger partial charge in [-0.1, -0.05) is 267 Å². The Morgan fingerprint density at radius 1 is 0.269 bits per heavy atom. The molecule has 0 saturated carbocycles. The molecule has 0 radical (unpaired) electrons. The molecule has 0 aromatic carbocycles. The number of esters is 4. The molecule has 0 heterocycles. The number of phosphoric ester groups is 2. The molecule has 610 valence electrons. The Morgan fingerprint density at radius 3 is 0.769 bits per heavy atom. The number of allylic oxidation sites excluding steroid dienone is 32. The van der Waals surface area contributed by atoms with Crippen molar-refractivity contribution in [2.45, 2.75) is 303 Å². The molecule has 0 spiro atoms. The van der Waals surface area contributed by atoms with E-state index in [0.29, 0.717) is 25.7 Å². The highest BCUT2D eigenvalue weighted by Crippen LogP contribution is 2.45. The quantitative estimate of drug-likeness (QED) is 0.0169. The summed E-state index contributed by atoms with van der Waals surface area (Å²) in [6, 6.07) is 0. The van der Waals surface area contributed by atoms with Crippen molar-refractivity contribution in [2.24, 2.45) is 0 Å². The van der Waals surface area contributed by atoms with Crippen LogP contribution in [0.5, 0.6) is 0 Å². The molecule has 3 N–H and O–H groups in total. The fourth-order valence-corrected chi connectivity index (χ4v) is 11.5. The molecule has 0 bridgehead atoms. The second kappa shape index (κ2) is 79.0. The van der Waals surface area contributed by atoms with Crippen molar-refractivity contribution in [1.82, 2.24) is 0 Å². The van der Waals surface area contributed by atoms with E-state index in [1.54, 1.807) is 0 Å². The van der Waals surface area contributed by atoms with Crippen LogP contribution in [0, 0.1) is 0 Å². The summed E-state index contributed by atoms with van der Waals surface area (Å²) < 4.78 is 68.6. The Labute approximate surface area is 653 Å². The second-order valence-electron chi connectivity index (χ2n) is 26.2. The van der Waals surface area contributed by atoms with Crippen LogP contribution in [0.25, 0.3) is 0 Å². The summed E-state index contributed by atoms with van der Waals surface area (Å²) >= 11 is 0. The highest BCUT2D eigenvalue weighted by molar-refractivity contribution is 7.47. The lowest BCUT2D eigenvalue weighted by Gasteiger charge is -2.21. The van der Waals surface area contributed by atoms with Gasteiger partial charge in [0.1, 0.15) is 19.3 Å². The molecule has 0 amide bonds. The molecule has 0 aliphatic carbocycles. The van der Waals surface area contributed by atoms with Crippen LogP contribution in [-0.2, 0) is 65.4 Å². The number of aliphatic hydroxyl groups is 1. The van der Waals surface area contributed by atoms with E-state index in [0.717, 1.165) is 186 Å². The minimum Gasteiger partial charge on any atom is -0.462 e. The molecule has 108 heavy (non-hydrogen) atoms. The first-order valence-corrected chi connectivity index (χ1v) is 43.7. The maximum absolute atomic E-state index is 13.1. The minimum atomic E-state index is -5.01. The van der Waals surface area contributed by atoms with Crippen molar-refractivity contribution in [1.29, 1.82) is 0 Å². The first-order valence-electron chi connectivity index (χ1n) is 40.7. The zero-order valence-electron chi connectivity index (χ0n) is 66.7. The summed E-state index contributed by atoms with van der Waals surface area (Å²) in [6.07, 6.45) is 96.9. The lowest BCUT2D eigenvalue weighted by Crippen LogP contribution is -2.30. The van der Waals surface area contributed by atoms with Crippen LogP contribution in [0.1, 0.15) is 285 Å². The zero-order valence-corrected chi connectivity index (χ0v) is 68.5. The first-order chi connectivity index (χ1) is 52.7. The van der Waals surface area contributed by atoms with Crippen LogP contribution in [0.2, 0.25) is 0 Å². The van der Waals surface area contributed by atoms with Crippen LogP contribution in [0.15, 0.2) is 194 Å². The average molecular weight is 1550 g/mol. The summed E-state index contributed by atoms with van der Waals surface area (Å²) in [6.45, 7) is 4.34. The Balaban J connectivity index is 5.52. The molecule has 0 saturated heterocycles.